The van der Waals surface area contributed by atoms with Gasteiger partial charge in [0.1, 0.15) is 0 Å². The molecule has 13 heavy (non-hydrogen) atoms. The summed E-state index contributed by atoms with van der Waals surface area (Å²) in [5, 5.41) is 5.56. The smallest absolute Gasteiger partial charge is 0.296 e. The normalized spacial score (nSPS) is 11.7. The second-order valence-electron chi connectivity index (χ2n) is 4.04. The first-order valence-electron chi connectivity index (χ1n) is 4.00. The van der Waals surface area contributed by atoms with E-state index in [0.717, 1.165) is 0 Å². The molecular weight excluding hydrogens is 170 g/mol. The van der Waals surface area contributed by atoms with Crippen LogP contribution in [-0.4, -0.2) is 9.78 Å². The Hall–Kier alpha value is -1.39. The van der Waals surface area contributed by atoms with Gasteiger partial charge in [0.15, 0.2) is 5.69 Å². The van der Waals surface area contributed by atoms with E-state index in [2.05, 4.69) is 10.3 Å². The highest BCUT2D eigenvalue weighted by Crippen LogP contribution is 2.26. The molecule has 0 aliphatic rings. The van der Waals surface area contributed by atoms with Crippen LogP contribution < -0.4 is 5.56 Å². The Balaban J connectivity index is 3.47. The van der Waals surface area contributed by atoms with Crippen molar-refractivity contribution in [3.8, 4) is 0 Å². The number of nitroso groups, excluding NO2 is 1. The summed E-state index contributed by atoms with van der Waals surface area (Å²) in [4.78, 5) is 21.7. The standard InChI is InChI=1S/C8H13N3O2/c1-8(2,3)6-5(10-13)7(12)11(4)9-6/h9H,1-4H3. The Morgan fingerprint density at radius 3 is 2.23 bits per heavy atom. The molecule has 0 radical (unpaired) electrons. The van der Waals surface area contributed by atoms with E-state index in [9.17, 15) is 9.70 Å². The molecule has 1 aromatic heterocycles. The molecule has 0 amide bonds. The first-order chi connectivity index (χ1) is 5.88. The number of nitrogens with zero attached hydrogens (tertiary/aromatic N) is 2. The van der Waals surface area contributed by atoms with E-state index in [1.165, 1.54) is 4.68 Å². The van der Waals surface area contributed by atoms with E-state index in [1.807, 2.05) is 20.8 Å². The second kappa shape index (κ2) is 2.83. The second-order valence-corrected chi connectivity index (χ2v) is 4.04. The molecule has 0 saturated heterocycles. The van der Waals surface area contributed by atoms with Crippen molar-refractivity contribution in [2.45, 2.75) is 26.2 Å². The fourth-order valence-corrected chi connectivity index (χ4v) is 1.14. The molecule has 1 aromatic rings. The molecule has 1 heterocycles. The molecule has 5 nitrogen and oxygen atoms in total. The summed E-state index contributed by atoms with van der Waals surface area (Å²) < 4.78 is 1.26. The Bertz CT molecular complexity index is 381. The summed E-state index contributed by atoms with van der Waals surface area (Å²) >= 11 is 0. The Morgan fingerprint density at radius 2 is 1.92 bits per heavy atom. The first kappa shape index (κ1) is 9.70. The van der Waals surface area contributed by atoms with Gasteiger partial charge in [0, 0.05) is 12.5 Å². The van der Waals surface area contributed by atoms with Gasteiger partial charge in [0.25, 0.3) is 5.56 Å². The summed E-state index contributed by atoms with van der Waals surface area (Å²) in [6.07, 6.45) is 0. The molecule has 1 rings (SSSR count). The number of H-pyrrole nitrogens is 1. The lowest BCUT2D eigenvalue weighted by Gasteiger charge is -2.15. The van der Waals surface area contributed by atoms with Gasteiger partial charge in [-0.15, -0.1) is 4.91 Å². The summed E-state index contributed by atoms with van der Waals surface area (Å²) in [5.74, 6) is 0. The molecule has 5 heteroatoms. The summed E-state index contributed by atoms with van der Waals surface area (Å²) in [6, 6.07) is 0. The van der Waals surface area contributed by atoms with Gasteiger partial charge in [-0.25, -0.2) is 0 Å². The lowest BCUT2D eigenvalue weighted by atomic mass is 9.91. The van der Waals surface area contributed by atoms with Gasteiger partial charge < -0.3 is 0 Å². The van der Waals surface area contributed by atoms with Crippen LogP contribution in [0, 0.1) is 4.91 Å². The number of hydrogen-bond acceptors (Lipinski definition) is 3. The maximum absolute atomic E-state index is 11.3. The topological polar surface area (TPSA) is 67.2 Å². The van der Waals surface area contributed by atoms with Crippen molar-refractivity contribution >= 4 is 5.69 Å². The van der Waals surface area contributed by atoms with Gasteiger partial charge in [-0.05, 0) is 5.18 Å². The van der Waals surface area contributed by atoms with Crippen molar-refractivity contribution in [3.63, 3.8) is 0 Å². The molecule has 0 fully saturated rings. The SMILES string of the molecule is Cn1[nH]c(C(C)(C)C)c(N=O)c1=O. The monoisotopic (exact) mass is 183 g/mol. The minimum Gasteiger partial charge on any atom is -0.297 e. The number of hydrogen-bond donors (Lipinski definition) is 1. The van der Waals surface area contributed by atoms with Crippen LogP contribution in [0.5, 0.6) is 0 Å². The predicted molar refractivity (Wildman–Crippen MR) is 50.2 cm³/mol. The molecule has 72 valence electrons. The van der Waals surface area contributed by atoms with Crippen LogP contribution in [0.25, 0.3) is 0 Å². The highest BCUT2D eigenvalue weighted by Gasteiger charge is 2.24. The van der Waals surface area contributed by atoms with E-state index in [-0.39, 0.29) is 16.7 Å². The maximum atomic E-state index is 11.3. The average molecular weight is 183 g/mol. The number of aryl methyl sites for hydroxylation is 1. The van der Waals surface area contributed by atoms with Crippen LogP contribution in [0.1, 0.15) is 26.5 Å². The van der Waals surface area contributed by atoms with Crippen LogP contribution in [0.15, 0.2) is 9.97 Å². The molecule has 0 aliphatic heterocycles. The van der Waals surface area contributed by atoms with E-state index in [4.69, 9.17) is 0 Å². The van der Waals surface area contributed by atoms with E-state index >= 15 is 0 Å². The fourth-order valence-electron chi connectivity index (χ4n) is 1.14. The highest BCUT2D eigenvalue weighted by molar-refractivity contribution is 5.43. The van der Waals surface area contributed by atoms with Crippen molar-refractivity contribution in [1.82, 2.24) is 9.78 Å². The average Bonchev–Trinajstić information content (AvgIpc) is 2.28. The quantitative estimate of drug-likeness (QED) is 0.669. The van der Waals surface area contributed by atoms with Gasteiger partial charge >= 0.3 is 0 Å². The highest BCUT2D eigenvalue weighted by atomic mass is 16.3. The zero-order chi connectivity index (χ0) is 10.2. The van der Waals surface area contributed by atoms with Gasteiger partial charge in [-0.3, -0.25) is 14.6 Å². The summed E-state index contributed by atoms with van der Waals surface area (Å²) in [7, 11) is 1.56. The van der Waals surface area contributed by atoms with Crippen molar-refractivity contribution in [2.75, 3.05) is 0 Å². The van der Waals surface area contributed by atoms with Crippen LogP contribution in [0.4, 0.5) is 5.69 Å². The predicted octanol–water partition coefficient (Wildman–Crippen LogP) is 1.41. The number of aromatic amines is 1. The lowest BCUT2D eigenvalue weighted by Crippen LogP contribution is -2.12. The van der Waals surface area contributed by atoms with Crippen LogP contribution in [0.2, 0.25) is 0 Å². The molecule has 0 aromatic carbocycles. The molecule has 0 atom stereocenters. The van der Waals surface area contributed by atoms with Gasteiger partial charge in [0.05, 0.1) is 5.69 Å². The molecule has 0 aliphatic carbocycles. The number of nitrogens with one attached hydrogen (secondary N) is 1. The largest absolute Gasteiger partial charge is 0.297 e. The Kier molecular flexibility index (Phi) is 2.11. The van der Waals surface area contributed by atoms with Gasteiger partial charge in [-0.2, -0.15) is 0 Å². The van der Waals surface area contributed by atoms with Crippen LogP contribution in [-0.2, 0) is 12.5 Å². The molecule has 0 bridgehead atoms. The van der Waals surface area contributed by atoms with Crippen molar-refractivity contribution in [2.24, 2.45) is 12.2 Å². The summed E-state index contributed by atoms with van der Waals surface area (Å²) in [5.41, 5.74) is -0.0890. The van der Waals surface area contributed by atoms with E-state index in [0.29, 0.717) is 5.69 Å². The number of aromatic nitrogens is 2. The molecular formula is C8H13N3O2. The Morgan fingerprint density at radius 1 is 1.38 bits per heavy atom. The molecule has 0 spiro atoms. The zero-order valence-corrected chi connectivity index (χ0v) is 8.21. The van der Waals surface area contributed by atoms with Crippen molar-refractivity contribution < 1.29 is 0 Å². The van der Waals surface area contributed by atoms with Crippen molar-refractivity contribution in [1.29, 1.82) is 0 Å². The third-order valence-corrected chi connectivity index (χ3v) is 1.86. The zero-order valence-electron chi connectivity index (χ0n) is 8.21. The number of rotatable bonds is 1. The Labute approximate surface area is 75.7 Å². The van der Waals surface area contributed by atoms with Crippen LogP contribution in [0.3, 0.4) is 0 Å². The minimum absolute atomic E-state index is 0.0185. The van der Waals surface area contributed by atoms with Gasteiger partial charge in [-0.1, -0.05) is 20.8 Å². The lowest BCUT2D eigenvalue weighted by molar-refractivity contribution is 0.553. The maximum Gasteiger partial charge on any atom is 0.296 e. The molecule has 0 saturated carbocycles. The first-order valence-corrected chi connectivity index (χ1v) is 4.00. The van der Waals surface area contributed by atoms with Crippen LogP contribution >= 0.6 is 0 Å². The third kappa shape index (κ3) is 1.54. The minimum atomic E-state index is -0.375. The van der Waals surface area contributed by atoms with E-state index in [1.54, 1.807) is 7.05 Å². The van der Waals surface area contributed by atoms with E-state index < -0.39 is 0 Å². The fraction of sp³-hybridized carbons (Fsp3) is 0.625. The van der Waals surface area contributed by atoms with Gasteiger partial charge in [0.2, 0.25) is 0 Å². The third-order valence-electron chi connectivity index (χ3n) is 1.86. The molecule has 0 unspecified atom stereocenters. The molecule has 1 N–H and O–H groups in total. The summed E-state index contributed by atoms with van der Waals surface area (Å²) in [6.45, 7) is 5.73. The van der Waals surface area contributed by atoms with Crippen molar-refractivity contribution in [3.05, 3.63) is 21.0 Å².